The summed E-state index contributed by atoms with van der Waals surface area (Å²) in [5.41, 5.74) is 2.48. The molecule has 5 rings (SSSR count). The Balaban J connectivity index is 1.44. The lowest BCUT2D eigenvalue weighted by Gasteiger charge is -2.11. The van der Waals surface area contributed by atoms with E-state index in [0.717, 1.165) is 28.0 Å². The Morgan fingerprint density at radius 3 is 2.40 bits per heavy atom. The molecule has 1 aromatic heterocycles. The number of carbonyl (C=O) groups excluding carboxylic acids is 1. The van der Waals surface area contributed by atoms with Crippen molar-refractivity contribution in [3.05, 3.63) is 108 Å². The van der Waals surface area contributed by atoms with E-state index in [1.54, 1.807) is 0 Å². The quantitative estimate of drug-likeness (QED) is 0.351. The van der Waals surface area contributed by atoms with Crippen LogP contribution in [0.3, 0.4) is 0 Å². The molecule has 0 fully saturated rings. The highest BCUT2D eigenvalue weighted by molar-refractivity contribution is 5.96. The first-order valence-electron chi connectivity index (χ1n) is 9.92. The van der Waals surface area contributed by atoms with E-state index in [-0.39, 0.29) is 18.9 Å². The smallest absolute Gasteiger partial charge is 0.182 e. The van der Waals surface area contributed by atoms with Crippen LogP contribution in [0.4, 0.5) is 0 Å². The average Bonchev–Trinajstić information content (AvgIpc) is 3.15. The van der Waals surface area contributed by atoms with Crippen LogP contribution in [-0.4, -0.2) is 15.3 Å². The average molecular weight is 392 g/mol. The van der Waals surface area contributed by atoms with E-state index < -0.39 is 0 Å². The van der Waals surface area contributed by atoms with Crippen LogP contribution in [0.25, 0.3) is 21.8 Å². The molecule has 4 heteroatoms. The number of ketones is 1. The molecule has 4 nitrogen and oxygen atoms in total. The number of Topliss-reactive ketones (excluding diaryl/α,β-unsaturated/α-hetero) is 1. The standard InChI is InChI=1S/C26H20N2O2/c29-25(20-9-2-1-3-10-20)17-28-24-13-7-6-12-23(24)27-26(28)18-30-22-15-14-19-8-4-5-11-21(19)16-22/h1-16H,17-18H2. The number of ether oxygens (including phenoxy) is 1. The first-order valence-corrected chi connectivity index (χ1v) is 9.92. The molecule has 0 amide bonds. The van der Waals surface area contributed by atoms with Crippen molar-refractivity contribution in [1.82, 2.24) is 9.55 Å². The van der Waals surface area contributed by atoms with Gasteiger partial charge in [0.1, 0.15) is 18.2 Å². The van der Waals surface area contributed by atoms with Gasteiger partial charge >= 0.3 is 0 Å². The summed E-state index contributed by atoms with van der Waals surface area (Å²) in [4.78, 5) is 17.6. The summed E-state index contributed by atoms with van der Waals surface area (Å²) in [6, 6.07) is 31.4. The lowest BCUT2D eigenvalue weighted by molar-refractivity contribution is 0.0971. The second-order valence-electron chi connectivity index (χ2n) is 7.19. The zero-order valence-electron chi connectivity index (χ0n) is 16.4. The molecule has 0 atom stereocenters. The number of benzene rings is 4. The van der Waals surface area contributed by atoms with Gasteiger partial charge in [0.15, 0.2) is 5.78 Å². The lowest BCUT2D eigenvalue weighted by Crippen LogP contribution is -2.14. The number of carbonyl (C=O) groups is 1. The lowest BCUT2D eigenvalue weighted by atomic mass is 10.1. The Bertz CT molecular complexity index is 1340. The number of imidazole rings is 1. The highest BCUT2D eigenvalue weighted by atomic mass is 16.5. The summed E-state index contributed by atoms with van der Waals surface area (Å²) < 4.78 is 8.01. The Morgan fingerprint density at radius 1 is 0.800 bits per heavy atom. The molecule has 0 saturated heterocycles. The molecule has 0 aliphatic heterocycles. The van der Waals surface area contributed by atoms with Crippen molar-refractivity contribution in [2.45, 2.75) is 13.2 Å². The number of aromatic nitrogens is 2. The van der Waals surface area contributed by atoms with E-state index >= 15 is 0 Å². The van der Waals surface area contributed by atoms with Gasteiger partial charge in [0, 0.05) is 5.56 Å². The minimum Gasteiger partial charge on any atom is -0.486 e. The topological polar surface area (TPSA) is 44.1 Å². The monoisotopic (exact) mass is 392 g/mol. The van der Waals surface area contributed by atoms with Crippen molar-refractivity contribution in [2.75, 3.05) is 0 Å². The third-order valence-corrected chi connectivity index (χ3v) is 5.22. The zero-order chi connectivity index (χ0) is 20.3. The van der Waals surface area contributed by atoms with Gasteiger partial charge in [0.2, 0.25) is 0 Å². The summed E-state index contributed by atoms with van der Waals surface area (Å²) in [5.74, 6) is 1.56. The van der Waals surface area contributed by atoms with Crippen molar-refractivity contribution in [3.63, 3.8) is 0 Å². The van der Waals surface area contributed by atoms with E-state index in [2.05, 4.69) is 12.1 Å². The highest BCUT2D eigenvalue weighted by Gasteiger charge is 2.15. The number of hydrogen-bond donors (Lipinski definition) is 0. The second kappa shape index (κ2) is 7.84. The van der Waals surface area contributed by atoms with Gasteiger partial charge < -0.3 is 9.30 Å². The van der Waals surface area contributed by atoms with Crippen LogP contribution in [0.1, 0.15) is 16.2 Å². The van der Waals surface area contributed by atoms with E-state index in [4.69, 9.17) is 9.72 Å². The maximum atomic E-state index is 12.8. The summed E-state index contributed by atoms with van der Waals surface area (Å²) in [5, 5.41) is 2.30. The fourth-order valence-corrected chi connectivity index (χ4v) is 3.68. The predicted octanol–water partition coefficient (Wildman–Crippen LogP) is 5.65. The van der Waals surface area contributed by atoms with Crippen LogP contribution >= 0.6 is 0 Å². The third-order valence-electron chi connectivity index (χ3n) is 5.22. The van der Waals surface area contributed by atoms with Crippen LogP contribution in [0, 0.1) is 0 Å². The minimum atomic E-state index is 0.0470. The maximum Gasteiger partial charge on any atom is 0.182 e. The van der Waals surface area contributed by atoms with Crippen molar-refractivity contribution in [3.8, 4) is 5.75 Å². The Kier molecular flexibility index (Phi) is 4.74. The van der Waals surface area contributed by atoms with Crippen molar-refractivity contribution < 1.29 is 9.53 Å². The van der Waals surface area contributed by atoms with Gasteiger partial charge in [0.05, 0.1) is 17.6 Å². The Labute approximate surface area is 174 Å². The molecule has 146 valence electrons. The van der Waals surface area contributed by atoms with Gasteiger partial charge in [-0.05, 0) is 35.0 Å². The molecule has 0 unspecified atom stereocenters. The van der Waals surface area contributed by atoms with Crippen LogP contribution in [0.2, 0.25) is 0 Å². The predicted molar refractivity (Wildman–Crippen MR) is 119 cm³/mol. The molecule has 0 aliphatic rings. The van der Waals surface area contributed by atoms with E-state index in [0.29, 0.717) is 5.56 Å². The number of hydrogen-bond acceptors (Lipinski definition) is 3. The molecule has 0 radical (unpaired) electrons. The van der Waals surface area contributed by atoms with Gasteiger partial charge in [-0.3, -0.25) is 4.79 Å². The van der Waals surface area contributed by atoms with Gasteiger partial charge in [-0.1, -0.05) is 72.8 Å². The van der Waals surface area contributed by atoms with Gasteiger partial charge in [-0.25, -0.2) is 4.98 Å². The van der Waals surface area contributed by atoms with Crippen LogP contribution in [0.5, 0.6) is 5.75 Å². The summed E-state index contributed by atoms with van der Waals surface area (Å²) >= 11 is 0. The highest BCUT2D eigenvalue weighted by Crippen LogP contribution is 2.23. The molecule has 0 bridgehead atoms. The van der Waals surface area contributed by atoms with Gasteiger partial charge in [0.25, 0.3) is 0 Å². The number of para-hydroxylation sites is 2. The largest absolute Gasteiger partial charge is 0.486 e. The van der Waals surface area contributed by atoms with Crippen LogP contribution in [-0.2, 0) is 13.2 Å². The number of rotatable bonds is 6. The molecule has 0 N–H and O–H groups in total. The molecule has 5 aromatic rings. The molecule has 1 heterocycles. The molecule has 4 aromatic carbocycles. The molecular weight excluding hydrogens is 372 g/mol. The fraction of sp³-hybridized carbons (Fsp3) is 0.0769. The first-order chi connectivity index (χ1) is 14.8. The molecular formula is C26H20N2O2. The van der Waals surface area contributed by atoms with E-state index in [1.165, 1.54) is 5.39 Å². The summed E-state index contributed by atoms with van der Waals surface area (Å²) in [7, 11) is 0. The SMILES string of the molecule is O=C(Cn1c(COc2ccc3ccccc3c2)nc2ccccc21)c1ccccc1. The molecule has 0 saturated carbocycles. The van der Waals surface area contributed by atoms with Gasteiger partial charge in [-0.2, -0.15) is 0 Å². The minimum absolute atomic E-state index is 0.0470. The summed E-state index contributed by atoms with van der Waals surface area (Å²) in [6.07, 6.45) is 0. The molecule has 0 aliphatic carbocycles. The first kappa shape index (κ1) is 18.1. The van der Waals surface area contributed by atoms with Crippen LogP contribution in [0.15, 0.2) is 97.1 Å². The Morgan fingerprint density at radius 2 is 1.53 bits per heavy atom. The van der Waals surface area contributed by atoms with E-state index in [9.17, 15) is 4.79 Å². The summed E-state index contributed by atoms with van der Waals surface area (Å²) in [6.45, 7) is 0.510. The van der Waals surface area contributed by atoms with Crippen LogP contribution < -0.4 is 4.74 Å². The molecule has 30 heavy (non-hydrogen) atoms. The van der Waals surface area contributed by atoms with Gasteiger partial charge in [-0.15, -0.1) is 0 Å². The second-order valence-corrected chi connectivity index (χ2v) is 7.19. The van der Waals surface area contributed by atoms with Crippen molar-refractivity contribution in [1.29, 1.82) is 0 Å². The zero-order valence-corrected chi connectivity index (χ0v) is 16.4. The maximum absolute atomic E-state index is 12.8. The fourth-order valence-electron chi connectivity index (χ4n) is 3.68. The van der Waals surface area contributed by atoms with Crippen molar-refractivity contribution in [2.24, 2.45) is 0 Å². The number of fused-ring (bicyclic) bond motifs is 2. The normalized spacial score (nSPS) is 11.1. The number of nitrogens with zero attached hydrogens (tertiary/aromatic N) is 2. The van der Waals surface area contributed by atoms with E-state index in [1.807, 2.05) is 89.5 Å². The molecule has 0 spiro atoms. The Hall–Kier alpha value is -3.92. The third kappa shape index (κ3) is 3.55. The van der Waals surface area contributed by atoms with Crippen molar-refractivity contribution >= 4 is 27.6 Å².